The fourth-order valence-electron chi connectivity index (χ4n) is 1.44. The lowest BCUT2D eigenvalue weighted by Crippen LogP contribution is -1.80. The van der Waals surface area contributed by atoms with E-state index in [1.165, 1.54) is 16.9 Å². The van der Waals surface area contributed by atoms with Gasteiger partial charge in [-0.1, -0.05) is 42.8 Å². The third kappa shape index (κ3) is 2.26. The number of aliphatic hydroxyl groups excluding tert-OH is 1. The molecule has 2 rings (SSSR count). The summed E-state index contributed by atoms with van der Waals surface area (Å²) >= 11 is 7.33. The largest absolute Gasteiger partial charge is 0.391 e. The molecular formula is C12H12ClNOS. The normalized spacial score (nSPS) is 10.7. The summed E-state index contributed by atoms with van der Waals surface area (Å²) in [4.78, 5) is 4.95. The topological polar surface area (TPSA) is 33.1 Å². The Bertz CT molecular complexity index is 478. The molecule has 16 heavy (non-hydrogen) atoms. The highest BCUT2D eigenvalue weighted by Crippen LogP contribution is 2.30. The van der Waals surface area contributed by atoms with Crippen LogP contribution in [0.3, 0.4) is 0 Å². The van der Waals surface area contributed by atoms with E-state index in [0.29, 0.717) is 5.15 Å². The third-order valence-corrected chi connectivity index (χ3v) is 3.92. The van der Waals surface area contributed by atoms with Crippen molar-refractivity contribution in [2.24, 2.45) is 0 Å². The predicted octanol–water partition coefficient (Wildman–Crippen LogP) is 3.52. The zero-order chi connectivity index (χ0) is 11.5. The molecule has 1 aromatic carbocycles. The maximum absolute atomic E-state index is 9.05. The van der Waals surface area contributed by atoms with Gasteiger partial charge in [0.15, 0.2) is 0 Å². The number of thiazole rings is 1. The Morgan fingerprint density at radius 2 is 2.00 bits per heavy atom. The van der Waals surface area contributed by atoms with Crippen LogP contribution in [0.25, 0.3) is 10.6 Å². The van der Waals surface area contributed by atoms with Gasteiger partial charge in [-0.3, -0.25) is 0 Å². The van der Waals surface area contributed by atoms with Crippen molar-refractivity contribution in [2.45, 2.75) is 20.0 Å². The fourth-order valence-corrected chi connectivity index (χ4v) is 2.57. The molecule has 4 heteroatoms. The Morgan fingerprint density at radius 3 is 2.50 bits per heavy atom. The Morgan fingerprint density at radius 1 is 1.31 bits per heavy atom. The van der Waals surface area contributed by atoms with Crippen molar-refractivity contribution in [2.75, 3.05) is 0 Å². The maximum Gasteiger partial charge on any atom is 0.146 e. The smallest absolute Gasteiger partial charge is 0.146 e. The lowest BCUT2D eigenvalue weighted by Gasteiger charge is -1.98. The van der Waals surface area contributed by atoms with Crippen molar-refractivity contribution in [3.05, 3.63) is 39.9 Å². The first-order valence-corrected chi connectivity index (χ1v) is 6.29. The summed E-state index contributed by atoms with van der Waals surface area (Å²) in [5.74, 6) is 0. The second kappa shape index (κ2) is 4.95. The first kappa shape index (κ1) is 11.6. The molecule has 84 valence electrons. The van der Waals surface area contributed by atoms with E-state index in [9.17, 15) is 0 Å². The summed E-state index contributed by atoms with van der Waals surface area (Å²) in [6, 6.07) is 8.25. The van der Waals surface area contributed by atoms with Gasteiger partial charge < -0.3 is 5.11 Å². The molecule has 0 atom stereocenters. The number of halogens is 1. The molecule has 1 N–H and O–H groups in total. The number of benzene rings is 1. The molecule has 0 aliphatic rings. The molecule has 0 aliphatic carbocycles. The van der Waals surface area contributed by atoms with Crippen molar-refractivity contribution in [3.8, 4) is 10.6 Å². The van der Waals surface area contributed by atoms with E-state index < -0.39 is 0 Å². The predicted molar refractivity (Wildman–Crippen MR) is 67.9 cm³/mol. The van der Waals surface area contributed by atoms with Crippen LogP contribution < -0.4 is 0 Å². The zero-order valence-electron chi connectivity index (χ0n) is 8.90. The van der Waals surface area contributed by atoms with Crippen LogP contribution >= 0.6 is 22.9 Å². The summed E-state index contributed by atoms with van der Waals surface area (Å²) in [5, 5.41) is 10.3. The molecule has 1 aromatic heterocycles. The molecule has 0 spiro atoms. The highest BCUT2D eigenvalue weighted by molar-refractivity contribution is 7.15. The minimum atomic E-state index is -0.0520. The lowest BCUT2D eigenvalue weighted by atomic mass is 10.1. The number of nitrogens with zero attached hydrogens (tertiary/aromatic N) is 1. The standard InChI is InChI=1S/C12H12ClNOS/c1-2-8-3-5-9(6-4-8)12-14-11(13)10(7-15)16-12/h3-6,15H,2,7H2,1H3. The Hall–Kier alpha value is -0.900. The van der Waals surface area contributed by atoms with Crippen LogP contribution in [0, 0.1) is 0 Å². The molecule has 0 aliphatic heterocycles. The average molecular weight is 254 g/mol. The van der Waals surface area contributed by atoms with Crippen molar-refractivity contribution in [1.29, 1.82) is 0 Å². The Kier molecular flexibility index (Phi) is 3.59. The van der Waals surface area contributed by atoms with Gasteiger partial charge >= 0.3 is 0 Å². The van der Waals surface area contributed by atoms with Gasteiger partial charge in [0.25, 0.3) is 0 Å². The molecule has 0 saturated heterocycles. The minimum absolute atomic E-state index is 0.0520. The van der Waals surface area contributed by atoms with Gasteiger partial charge in [-0.25, -0.2) is 4.98 Å². The van der Waals surface area contributed by atoms with E-state index in [0.717, 1.165) is 21.9 Å². The number of hydrogen-bond acceptors (Lipinski definition) is 3. The summed E-state index contributed by atoms with van der Waals surface area (Å²) in [5.41, 5.74) is 2.34. The van der Waals surface area contributed by atoms with Gasteiger partial charge in [-0.05, 0) is 12.0 Å². The van der Waals surface area contributed by atoms with Crippen LogP contribution in [-0.4, -0.2) is 10.1 Å². The Balaban J connectivity index is 2.34. The van der Waals surface area contributed by atoms with E-state index in [2.05, 4.69) is 24.0 Å². The second-order valence-electron chi connectivity index (χ2n) is 3.44. The van der Waals surface area contributed by atoms with E-state index in [1.807, 2.05) is 12.1 Å². The molecule has 0 amide bonds. The van der Waals surface area contributed by atoms with Gasteiger partial charge in [-0.15, -0.1) is 11.3 Å². The number of aliphatic hydroxyl groups is 1. The van der Waals surface area contributed by atoms with Crippen molar-refractivity contribution in [3.63, 3.8) is 0 Å². The fraction of sp³-hybridized carbons (Fsp3) is 0.250. The van der Waals surface area contributed by atoms with Crippen molar-refractivity contribution >= 4 is 22.9 Å². The van der Waals surface area contributed by atoms with Gasteiger partial charge in [0.2, 0.25) is 0 Å². The van der Waals surface area contributed by atoms with Crippen molar-refractivity contribution in [1.82, 2.24) is 4.98 Å². The molecule has 0 bridgehead atoms. The van der Waals surface area contributed by atoms with E-state index >= 15 is 0 Å². The van der Waals surface area contributed by atoms with Crippen LogP contribution in [0.15, 0.2) is 24.3 Å². The summed E-state index contributed by atoms with van der Waals surface area (Å²) in [6.45, 7) is 2.07. The van der Waals surface area contributed by atoms with Gasteiger partial charge in [-0.2, -0.15) is 0 Å². The van der Waals surface area contributed by atoms with E-state index in [1.54, 1.807) is 0 Å². The van der Waals surface area contributed by atoms with Crippen molar-refractivity contribution < 1.29 is 5.11 Å². The number of aryl methyl sites for hydroxylation is 1. The summed E-state index contributed by atoms with van der Waals surface area (Å²) < 4.78 is 0. The average Bonchev–Trinajstić information content (AvgIpc) is 2.71. The van der Waals surface area contributed by atoms with E-state index in [-0.39, 0.29) is 6.61 Å². The van der Waals surface area contributed by atoms with Crippen LogP contribution in [0.2, 0.25) is 5.15 Å². The summed E-state index contributed by atoms with van der Waals surface area (Å²) in [7, 11) is 0. The van der Waals surface area contributed by atoms with Gasteiger partial charge in [0.05, 0.1) is 11.5 Å². The number of hydrogen-bond donors (Lipinski definition) is 1. The quantitative estimate of drug-likeness (QED) is 0.908. The van der Waals surface area contributed by atoms with Crippen LogP contribution in [0.1, 0.15) is 17.4 Å². The second-order valence-corrected chi connectivity index (χ2v) is 4.88. The monoisotopic (exact) mass is 253 g/mol. The molecule has 0 unspecified atom stereocenters. The molecule has 2 aromatic rings. The number of rotatable bonds is 3. The highest BCUT2D eigenvalue weighted by atomic mass is 35.5. The van der Waals surface area contributed by atoms with Gasteiger partial charge in [0, 0.05) is 5.56 Å². The first-order chi connectivity index (χ1) is 7.74. The molecule has 0 radical (unpaired) electrons. The van der Waals surface area contributed by atoms with Gasteiger partial charge in [0.1, 0.15) is 10.2 Å². The Labute approximate surface area is 104 Å². The highest BCUT2D eigenvalue weighted by Gasteiger charge is 2.09. The maximum atomic E-state index is 9.05. The third-order valence-electron chi connectivity index (χ3n) is 2.40. The zero-order valence-corrected chi connectivity index (χ0v) is 10.5. The molecule has 0 saturated carbocycles. The lowest BCUT2D eigenvalue weighted by molar-refractivity contribution is 0.285. The SMILES string of the molecule is CCc1ccc(-c2nc(Cl)c(CO)s2)cc1. The first-order valence-electron chi connectivity index (χ1n) is 5.10. The molecular weight excluding hydrogens is 242 g/mol. The van der Waals surface area contributed by atoms with Crippen LogP contribution in [0.5, 0.6) is 0 Å². The van der Waals surface area contributed by atoms with E-state index in [4.69, 9.17) is 16.7 Å². The minimum Gasteiger partial charge on any atom is -0.391 e. The number of aromatic nitrogens is 1. The van der Waals surface area contributed by atoms with Crippen LogP contribution in [0.4, 0.5) is 0 Å². The molecule has 0 fully saturated rings. The molecule has 1 heterocycles. The summed E-state index contributed by atoms with van der Waals surface area (Å²) in [6.07, 6.45) is 1.03. The molecule has 2 nitrogen and oxygen atoms in total. The van der Waals surface area contributed by atoms with Crippen LogP contribution in [-0.2, 0) is 13.0 Å².